The minimum atomic E-state index is -0.593. The highest BCUT2D eigenvalue weighted by atomic mass is 35.5. The molecule has 0 aliphatic carbocycles. The Balaban J connectivity index is 2.16. The van der Waals surface area contributed by atoms with Gasteiger partial charge in [0.25, 0.3) is 5.56 Å². The quantitative estimate of drug-likeness (QED) is 0.529. The van der Waals surface area contributed by atoms with Crippen LogP contribution in [-0.2, 0) is 20.6 Å². The third kappa shape index (κ3) is 2.74. The van der Waals surface area contributed by atoms with Crippen molar-refractivity contribution in [2.75, 3.05) is 0 Å². The number of aromatic nitrogens is 5. The van der Waals surface area contributed by atoms with Crippen molar-refractivity contribution in [1.82, 2.24) is 23.7 Å². The van der Waals surface area contributed by atoms with Gasteiger partial charge in [0.1, 0.15) is 0 Å². The van der Waals surface area contributed by atoms with E-state index in [9.17, 15) is 19.2 Å². The van der Waals surface area contributed by atoms with Crippen LogP contribution in [0.3, 0.4) is 0 Å². The molecule has 0 saturated carbocycles. The van der Waals surface area contributed by atoms with Gasteiger partial charge in [-0.2, -0.15) is 4.98 Å². The van der Waals surface area contributed by atoms with E-state index in [0.29, 0.717) is 16.8 Å². The molecule has 3 aromatic heterocycles. The first-order valence-corrected chi connectivity index (χ1v) is 8.49. The summed E-state index contributed by atoms with van der Waals surface area (Å²) in [7, 11) is 2.81. The predicted molar refractivity (Wildman–Crippen MR) is 99.8 cm³/mol. The summed E-state index contributed by atoms with van der Waals surface area (Å²) in [5, 5.41) is -0.0793. The third-order valence-corrected chi connectivity index (χ3v) is 4.96. The predicted octanol–water partition coefficient (Wildman–Crippen LogP) is 1.12. The fraction of sp³-hybridized carbons (Fsp3) is 0.353. The lowest BCUT2D eigenvalue weighted by atomic mass is 10.1. The van der Waals surface area contributed by atoms with Crippen molar-refractivity contribution in [3.05, 3.63) is 48.6 Å². The summed E-state index contributed by atoms with van der Waals surface area (Å²) in [5.41, 5.74) is 0.922. The van der Waals surface area contributed by atoms with Gasteiger partial charge in [-0.3, -0.25) is 23.5 Å². The monoisotopic (exact) mass is 391 g/mol. The Bertz CT molecular complexity index is 1240. The van der Waals surface area contributed by atoms with Gasteiger partial charge in [0.05, 0.1) is 12.2 Å². The first-order chi connectivity index (χ1) is 12.6. The summed E-state index contributed by atoms with van der Waals surface area (Å²) in [6, 6.07) is 0. The van der Waals surface area contributed by atoms with E-state index in [1.165, 1.54) is 30.2 Å². The van der Waals surface area contributed by atoms with Crippen LogP contribution in [0.15, 0.2) is 9.59 Å². The summed E-state index contributed by atoms with van der Waals surface area (Å²) in [6.07, 6.45) is 0. The number of hydrogen-bond donors (Lipinski definition) is 1. The highest BCUT2D eigenvalue weighted by Crippen LogP contribution is 2.21. The number of Topliss-reactive ketones (excluding diaryl/α,β-unsaturated/α-hetero) is 2. The van der Waals surface area contributed by atoms with E-state index < -0.39 is 11.2 Å². The zero-order chi connectivity index (χ0) is 20.2. The lowest BCUT2D eigenvalue weighted by molar-refractivity contribution is 0.0968. The van der Waals surface area contributed by atoms with Gasteiger partial charge in [-0.05, 0) is 37.9 Å². The molecule has 0 bridgehead atoms. The van der Waals surface area contributed by atoms with Crippen LogP contribution in [0.4, 0.5) is 0 Å². The van der Waals surface area contributed by atoms with Gasteiger partial charge in [0.15, 0.2) is 22.7 Å². The SMILES string of the molecule is CC(=O)c1c(C)[nH]c(C(=O)Cn2c(Cl)nc3c2c(=O)n(C)c(=O)n3C)c1C. The van der Waals surface area contributed by atoms with E-state index in [-0.39, 0.29) is 40.3 Å². The molecule has 27 heavy (non-hydrogen) atoms. The number of imidazole rings is 1. The molecule has 1 N–H and O–H groups in total. The second-order valence-electron chi connectivity index (χ2n) is 6.45. The molecule has 0 spiro atoms. The number of carbonyl (C=O) groups is 2. The average molecular weight is 392 g/mol. The van der Waals surface area contributed by atoms with Gasteiger partial charge in [-0.25, -0.2) is 4.79 Å². The minimum absolute atomic E-state index is 0.0608. The molecular formula is C17H18ClN5O4. The van der Waals surface area contributed by atoms with Gasteiger partial charge < -0.3 is 9.55 Å². The van der Waals surface area contributed by atoms with Crippen LogP contribution in [0.5, 0.6) is 0 Å². The summed E-state index contributed by atoms with van der Waals surface area (Å²) in [5.74, 6) is -0.504. The number of carbonyl (C=O) groups excluding carboxylic acids is 2. The number of rotatable bonds is 4. The smallest absolute Gasteiger partial charge is 0.332 e. The molecule has 0 amide bonds. The van der Waals surface area contributed by atoms with Gasteiger partial charge in [0, 0.05) is 25.4 Å². The molecule has 142 valence electrons. The fourth-order valence-electron chi connectivity index (χ4n) is 3.34. The van der Waals surface area contributed by atoms with E-state index in [0.717, 1.165) is 4.57 Å². The van der Waals surface area contributed by atoms with Crippen LogP contribution in [0.25, 0.3) is 11.2 Å². The second-order valence-corrected chi connectivity index (χ2v) is 6.79. The third-order valence-electron chi connectivity index (χ3n) is 4.67. The normalized spacial score (nSPS) is 11.3. The minimum Gasteiger partial charge on any atom is -0.355 e. The van der Waals surface area contributed by atoms with Crippen molar-refractivity contribution in [2.45, 2.75) is 27.3 Å². The van der Waals surface area contributed by atoms with Crippen LogP contribution >= 0.6 is 11.6 Å². The molecule has 3 heterocycles. The summed E-state index contributed by atoms with van der Waals surface area (Å²) < 4.78 is 3.39. The largest absolute Gasteiger partial charge is 0.355 e. The van der Waals surface area contributed by atoms with Crippen molar-refractivity contribution in [1.29, 1.82) is 0 Å². The van der Waals surface area contributed by atoms with Crippen LogP contribution in [0.2, 0.25) is 5.28 Å². The zero-order valence-electron chi connectivity index (χ0n) is 15.5. The second kappa shape index (κ2) is 6.34. The Morgan fingerprint density at radius 2 is 1.78 bits per heavy atom. The Hall–Kier alpha value is -2.94. The Kier molecular flexibility index (Phi) is 4.43. The average Bonchev–Trinajstić information content (AvgIpc) is 3.08. The molecule has 0 fully saturated rings. The molecule has 0 aromatic carbocycles. The lowest BCUT2D eigenvalue weighted by Crippen LogP contribution is -2.37. The molecule has 10 heteroatoms. The van der Waals surface area contributed by atoms with Crippen molar-refractivity contribution in [3.8, 4) is 0 Å². The van der Waals surface area contributed by atoms with Crippen LogP contribution in [0, 0.1) is 13.8 Å². The number of nitrogens with one attached hydrogen (secondary N) is 1. The number of nitrogens with zero attached hydrogens (tertiary/aromatic N) is 4. The van der Waals surface area contributed by atoms with Crippen LogP contribution in [0.1, 0.15) is 39.0 Å². The van der Waals surface area contributed by atoms with Gasteiger partial charge in [0.2, 0.25) is 5.28 Å². The standard InChI is InChI=1S/C17H18ClN5O4/c1-7-11(9(3)24)8(2)19-12(7)10(25)6-23-13-14(20-16(23)18)21(4)17(27)22(5)15(13)26/h19H,6H2,1-5H3. The summed E-state index contributed by atoms with van der Waals surface area (Å²) >= 11 is 6.15. The molecule has 3 aromatic rings. The van der Waals surface area contributed by atoms with E-state index >= 15 is 0 Å². The Morgan fingerprint density at radius 1 is 1.15 bits per heavy atom. The van der Waals surface area contributed by atoms with E-state index in [4.69, 9.17) is 11.6 Å². The Morgan fingerprint density at radius 3 is 2.33 bits per heavy atom. The van der Waals surface area contributed by atoms with Gasteiger partial charge in [-0.15, -0.1) is 0 Å². The highest BCUT2D eigenvalue weighted by molar-refractivity contribution is 6.29. The van der Waals surface area contributed by atoms with Crippen LogP contribution < -0.4 is 11.2 Å². The van der Waals surface area contributed by atoms with Crippen molar-refractivity contribution >= 4 is 34.3 Å². The summed E-state index contributed by atoms with van der Waals surface area (Å²) in [4.78, 5) is 56.2. The van der Waals surface area contributed by atoms with E-state index in [1.807, 2.05) is 0 Å². The molecule has 0 unspecified atom stereocenters. The maximum Gasteiger partial charge on any atom is 0.332 e. The maximum absolute atomic E-state index is 12.8. The van der Waals surface area contributed by atoms with Crippen molar-refractivity contribution in [2.24, 2.45) is 14.1 Å². The maximum atomic E-state index is 12.8. The Labute approximate surface area is 158 Å². The first-order valence-electron chi connectivity index (χ1n) is 8.11. The van der Waals surface area contributed by atoms with Crippen molar-refractivity contribution < 1.29 is 9.59 Å². The molecule has 9 nitrogen and oxygen atoms in total. The number of fused-ring (bicyclic) bond motifs is 1. The number of ketones is 2. The number of halogens is 1. The number of aromatic amines is 1. The lowest BCUT2D eigenvalue weighted by Gasteiger charge is -2.07. The molecule has 0 atom stereocenters. The number of hydrogen-bond acceptors (Lipinski definition) is 5. The summed E-state index contributed by atoms with van der Waals surface area (Å²) in [6.45, 7) is 4.57. The molecule has 3 rings (SSSR count). The van der Waals surface area contributed by atoms with E-state index in [1.54, 1.807) is 13.8 Å². The van der Waals surface area contributed by atoms with Gasteiger partial charge >= 0.3 is 5.69 Å². The number of H-pyrrole nitrogens is 1. The topological polar surface area (TPSA) is 112 Å². The molecule has 0 radical (unpaired) electrons. The zero-order valence-corrected chi connectivity index (χ0v) is 16.3. The molecule has 0 aliphatic heterocycles. The fourth-order valence-corrected chi connectivity index (χ4v) is 3.57. The van der Waals surface area contributed by atoms with Gasteiger partial charge in [-0.1, -0.05) is 0 Å². The van der Waals surface area contributed by atoms with Crippen LogP contribution in [-0.4, -0.2) is 35.2 Å². The first kappa shape index (κ1) is 18.8. The molecule has 0 aliphatic rings. The molecule has 0 saturated heterocycles. The van der Waals surface area contributed by atoms with E-state index in [2.05, 4.69) is 9.97 Å². The molecular weight excluding hydrogens is 374 g/mol. The van der Waals surface area contributed by atoms with Crippen molar-refractivity contribution in [3.63, 3.8) is 0 Å². The number of aryl methyl sites for hydroxylation is 2. The highest BCUT2D eigenvalue weighted by Gasteiger charge is 2.23.